The number of carbonyl (C=O) groups is 1. The highest BCUT2D eigenvalue weighted by atomic mass is 19.1. The van der Waals surface area contributed by atoms with E-state index in [0.29, 0.717) is 11.4 Å². The molecule has 0 aliphatic rings. The number of hydrogen-bond donors (Lipinski definition) is 0. The molecule has 1 heterocycles. The van der Waals surface area contributed by atoms with Gasteiger partial charge in [0, 0.05) is 18.3 Å². The predicted molar refractivity (Wildman–Crippen MR) is 69.0 cm³/mol. The Morgan fingerprint density at radius 1 is 1.37 bits per heavy atom. The van der Waals surface area contributed by atoms with Gasteiger partial charge in [0.25, 0.3) is 0 Å². The third-order valence-electron chi connectivity index (χ3n) is 2.81. The van der Waals surface area contributed by atoms with Crippen molar-refractivity contribution in [2.75, 3.05) is 7.11 Å². The maximum absolute atomic E-state index is 13.9. The summed E-state index contributed by atoms with van der Waals surface area (Å²) in [5.74, 6) is -0.598. The second-order valence-corrected chi connectivity index (χ2v) is 4.43. The molecule has 0 bridgehead atoms. The maximum Gasteiger partial charge on any atom is 0.213 e. The zero-order valence-electron chi connectivity index (χ0n) is 11.1. The molecule has 0 saturated heterocycles. The topological polar surface area (TPSA) is 44.1 Å². The number of nitrogens with zero attached hydrogens (tertiary/aromatic N) is 2. The molecule has 0 saturated carbocycles. The van der Waals surface area contributed by atoms with Crippen molar-refractivity contribution < 1.29 is 13.9 Å². The van der Waals surface area contributed by atoms with Crippen molar-refractivity contribution in [3.8, 4) is 5.75 Å². The lowest BCUT2D eigenvalue weighted by atomic mass is 10.1. The van der Waals surface area contributed by atoms with E-state index in [1.165, 1.54) is 25.4 Å². The first-order valence-corrected chi connectivity index (χ1v) is 5.96. The van der Waals surface area contributed by atoms with Gasteiger partial charge < -0.3 is 4.74 Å². The number of halogens is 1. The van der Waals surface area contributed by atoms with Crippen LogP contribution in [-0.4, -0.2) is 22.7 Å². The van der Waals surface area contributed by atoms with Crippen LogP contribution in [0.4, 0.5) is 4.39 Å². The van der Waals surface area contributed by atoms with E-state index >= 15 is 0 Å². The Hall–Kier alpha value is -2.17. The van der Waals surface area contributed by atoms with E-state index < -0.39 is 5.82 Å². The van der Waals surface area contributed by atoms with E-state index in [2.05, 4.69) is 5.10 Å². The third-order valence-corrected chi connectivity index (χ3v) is 2.81. The predicted octanol–water partition coefficient (Wildman–Crippen LogP) is 2.84. The highest BCUT2D eigenvalue weighted by Crippen LogP contribution is 2.20. The molecule has 0 unspecified atom stereocenters. The Kier molecular flexibility index (Phi) is 3.64. The molecule has 0 aliphatic heterocycles. The minimum absolute atomic E-state index is 0.0169. The van der Waals surface area contributed by atoms with E-state index in [0.717, 1.165) is 0 Å². The molecule has 0 radical (unpaired) electrons. The van der Waals surface area contributed by atoms with Gasteiger partial charge in [-0.2, -0.15) is 5.10 Å². The van der Waals surface area contributed by atoms with Crippen LogP contribution in [0.5, 0.6) is 5.75 Å². The molecule has 0 atom stereocenters. The monoisotopic (exact) mass is 262 g/mol. The first-order chi connectivity index (χ1) is 9.04. The number of methoxy groups -OCH3 is 1. The summed E-state index contributed by atoms with van der Waals surface area (Å²) in [4.78, 5) is 12.3. The maximum atomic E-state index is 13.9. The molecule has 1 aromatic heterocycles. The second-order valence-electron chi connectivity index (χ2n) is 4.43. The van der Waals surface area contributed by atoms with E-state index in [1.807, 2.05) is 13.8 Å². The number of aromatic nitrogens is 2. The van der Waals surface area contributed by atoms with Crippen molar-refractivity contribution in [3.05, 3.63) is 47.5 Å². The molecule has 5 heteroatoms. The van der Waals surface area contributed by atoms with Gasteiger partial charge in [0.05, 0.1) is 12.7 Å². The standard InChI is InChI=1S/C14H15FN2O2/c1-9(2)17-13(6-7-16-17)14(18)11-5-4-10(19-3)8-12(11)15/h4-9H,1-3H3. The largest absolute Gasteiger partial charge is 0.497 e. The highest BCUT2D eigenvalue weighted by Gasteiger charge is 2.19. The summed E-state index contributed by atoms with van der Waals surface area (Å²) >= 11 is 0. The Morgan fingerprint density at radius 3 is 2.68 bits per heavy atom. The molecule has 0 N–H and O–H groups in total. The fourth-order valence-corrected chi connectivity index (χ4v) is 1.85. The van der Waals surface area contributed by atoms with Gasteiger partial charge in [-0.05, 0) is 32.0 Å². The summed E-state index contributed by atoms with van der Waals surface area (Å²) in [6.07, 6.45) is 1.54. The number of rotatable bonds is 4. The van der Waals surface area contributed by atoms with E-state index in [1.54, 1.807) is 16.8 Å². The first-order valence-electron chi connectivity index (χ1n) is 5.96. The van der Waals surface area contributed by atoms with Gasteiger partial charge in [-0.25, -0.2) is 4.39 Å². The van der Waals surface area contributed by atoms with E-state index in [-0.39, 0.29) is 17.4 Å². The van der Waals surface area contributed by atoms with Crippen molar-refractivity contribution in [1.82, 2.24) is 9.78 Å². The molecule has 2 aromatic rings. The fourth-order valence-electron chi connectivity index (χ4n) is 1.85. The molecule has 19 heavy (non-hydrogen) atoms. The molecule has 2 rings (SSSR count). The normalized spacial score (nSPS) is 10.8. The molecule has 4 nitrogen and oxygen atoms in total. The van der Waals surface area contributed by atoms with Gasteiger partial charge in [-0.15, -0.1) is 0 Å². The van der Waals surface area contributed by atoms with Crippen LogP contribution in [0.2, 0.25) is 0 Å². The molecule has 1 aromatic carbocycles. The van der Waals surface area contributed by atoms with Gasteiger partial charge >= 0.3 is 0 Å². The van der Waals surface area contributed by atoms with Crippen molar-refractivity contribution in [3.63, 3.8) is 0 Å². The minimum atomic E-state index is -0.596. The Labute approximate surface area is 110 Å². The van der Waals surface area contributed by atoms with Crippen molar-refractivity contribution in [2.24, 2.45) is 0 Å². The number of ether oxygens (including phenoxy) is 1. The molecule has 0 amide bonds. The smallest absolute Gasteiger partial charge is 0.213 e. The number of carbonyl (C=O) groups excluding carboxylic acids is 1. The Morgan fingerprint density at radius 2 is 2.11 bits per heavy atom. The summed E-state index contributed by atoms with van der Waals surface area (Å²) in [7, 11) is 1.45. The summed E-state index contributed by atoms with van der Waals surface area (Å²) in [5.41, 5.74) is 0.391. The van der Waals surface area contributed by atoms with Crippen LogP contribution in [0.25, 0.3) is 0 Å². The van der Waals surface area contributed by atoms with Crippen LogP contribution in [0.15, 0.2) is 30.5 Å². The lowest BCUT2D eigenvalue weighted by molar-refractivity contribution is 0.102. The van der Waals surface area contributed by atoms with E-state index in [9.17, 15) is 9.18 Å². The molecule has 0 fully saturated rings. The van der Waals surface area contributed by atoms with Crippen LogP contribution in [0, 0.1) is 5.82 Å². The Bertz CT molecular complexity index is 605. The third kappa shape index (κ3) is 2.50. The average molecular weight is 262 g/mol. The van der Waals surface area contributed by atoms with Gasteiger partial charge in [-0.3, -0.25) is 9.48 Å². The number of benzene rings is 1. The van der Waals surface area contributed by atoms with Crippen LogP contribution < -0.4 is 4.74 Å². The van der Waals surface area contributed by atoms with Crippen LogP contribution in [0.1, 0.15) is 35.9 Å². The lowest BCUT2D eigenvalue weighted by Crippen LogP contribution is -2.14. The molecular formula is C14H15FN2O2. The zero-order chi connectivity index (χ0) is 14.0. The molecule has 0 spiro atoms. The quantitative estimate of drug-likeness (QED) is 0.796. The van der Waals surface area contributed by atoms with Gasteiger partial charge in [0.1, 0.15) is 17.3 Å². The van der Waals surface area contributed by atoms with Crippen molar-refractivity contribution in [1.29, 1.82) is 0 Å². The number of ketones is 1. The van der Waals surface area contributed by atoms with Gasteiger partial charge in [0.15, 0.2) is 0 Å². The van der Waals surface area contributed by atoms with Crippen molar-refractivity contribution in [2.45, 2.75) is 19.9 Å². The van der Waals surface area contributed by atoms with Gasteiger partial charge in [0.2, 0.25) is 5.78 Å². The summed E-state index contributed by atoms with van der Waals surface area (Å²) in [6, 6.07) is 5.81. The number of hydrogen-bond acceptors (Lipinski definition) is 3. The zero-order valence-corrected chi connectivity index (χ0v) is 11.1. The fraction of sp³-hybridized carbons (Fsp3) is 0.286. The molecule has 100 valence electrons. The summed E-state index contributed by atoms with van der Waals surface area (Å²) in [6.45, 7) is 3.82. The SMILES string of the molecule is COc1ccc(C(=O)c2ccnn2C(C)C)c(F)c1. The minimum Gasteiger partial charge on any atom is -0.497 e. The molecular weight excluding hydrogens is 247 g/mol. The van der Waals surface area contributed by atoms with Crippen LogP contribution >= 0.6 is 0 Å². The first kappa shape index (κ1) is 13.3. The van der Waals surface area contributed by atoms with Crippen LogP contribution in [0.3, 0.4) is 0 Å². The summed E-state index contributed by atoms with van der Waals surface area (Å²) < 4.78 is 20.4. The average Bonchev–Trinajstić information content (AvgIpc) is 2.87. The van der Waals surface area contributed by atoms with Gasteiger partial charge in [-0.1, -0.05) is 0 Å². The highest BCUT2D eigenvalue weighted by molar-refractivity contribution is 6.08. The lowest BCUT2D eigenvalue weighted by Gasteiger charge is -2.10. The van der Waals surface area contributed by atoms with Crippen LogP contribution in [-0.2, 0) is 0 Å². The van der Waals surface area contributed by atoms with Crippen molar-refractivity contribution >= 4 is 5.78 Å². The molecule has 0 aliphatic carbocycles. The second kappa shape index (κ2) is 5.22. The Balaban J connectivity index is 2.42. The van der Waals surface area contributed by atoms with E-state index in [4.69, 9.17) is 4.74 Å². The summed E-state index contributed by atoms with van der Waals surface area (Å²) in [5, 5.41) is 4.07.